The Morgan fingerprint density at radius 3 is 0.875 bits per heavy atom. The number of anilines is 2. The van der Waals surface area contributed by atoms with Crippen LogP contribution in [0.2, 0.25) is 10.0 Å². The van der Waals surface area contributed by atoms with E-state index in [-0.39, 0.29) is 161 Å². The zero-order chi connectivity index (χ0) is 79.3. The van der Waals surface area contributed by atoms with Gasteiger partial charge in [-0.25, -0.2) is 0 Å². The molecule has 2 aliphatic rings. The summed E-state index contributed by atoms with van der Waals surface area (Å²) in [7, 11) is 0. The van der Waals surface area contributed by atoms with Crippen LogP contribution in [0.15, 0.2) is 218 Å². The van der Waals surface area contributed by atoms with E-state index in [1.807, 2.05) is 24.3 Å². The van der Waals surface area contributed by atoms with Crippen LogP contribution in [0.4, 0.5) is 11.4 Å². The summed E-state index contributed by atoms with van der Waals surface area (Å²) >= 11 is 12.5. The van der Waals surface area contributed by atoms with Gasteiger partial charge in [0.15, 0.2) is 11.6 Å². The molecule has 0 atom stereocenters. The Morgan fingerprint density at radius 2 is 0.616 bits per heavy atom. The number of fused-ring (bicyclic) bond motifs is 2. The van der Waals surface area contributed by atoms with Crippen LogP contribution in [0.1, 0.15) is 117 Å². The molecule has 0 saturated heterocycles. The molecular formula is C90H76Cl2N6O14. The first-order chi connectivity index (χ1) is 53.7. The molecule has 2 heterocycles. The van der Waals surface area contributed by atoms with Crippen molar-refractivity contribution in [2.75, 3.05) is 36.8 Å². The number of allylic oxidation sites excluding steroid dienone is 2. The van der Waals surface area contributed by atoms with Crippen LogP contribution in [0.3, 0.4) is 0 Å². The van der Waals surface area contributed by atoms with Gasteiger partial charge < -0.3 is 40.2 Å². The van der Waals surface area contributed by atoms with Gasteiger partial charge in [0.2, 0.25) is 23.6 Å². The van der Waals surface area contributed by atoms with Crippen molar-refractivity contribution in [1.29, 1.82) is 0 Å². The second-order valence-electron chi connectivity index (χ2n) is 27.9. The molecule has 112 heavy (non-hydrogen) atoms. The highest BCUT2D eigenvalue weighted by atomic mass is 35.5. The van der Waals surface area contributed by atoms with Gasteiger partial charge in [0, 0.05) is 102 Å². The first-order valence-electron chi connectivity index (χ1n) is 36.3. The topological polar surface area (TPSA) is 262 Å². The Balaban J connectivity index is 1.10. The Bertz CT molecular complexity index is 5120. The van der Waals surface area contributed by atoms with Crippen LogP contribution < -0.4 is 40.2 Å². The molecule has 4 N–H and O–H groups in total. The highest BCUT2D eigenvalue weighted by Gasteiger charge is 2.43. The maximum absolute atomic E-state index is 15.9. The van der Waals surface area contributed by atoms with Crippen LogP contribution in [0, 0.1) is 0 Å². The molecule has 8 amide bonds. The molecule has 0 aromatic heterocycles. The number of halogens is 2. The van der Waals surface area contributed by atoms with Crippen molar-refractivity contribution < 1.29 is 66.9 Å². The number of nitrogens with one attached hydrogen (secondary N) is 4. The zero-order valence-corrected chi connectivity index (χ0v) is 63.4. The Morgan fingerprint density at radius 1 is 0.348 bits per heavy atom. The molecule has 13 rings (SSSR count). The lowest BCUT2D eigenvalue weighted by Gasteiger charge is -2.32. The standard InChI is InChI=1S/C90H76Cl2N6O14/c1-49(2)69(99)13-9-11-53-15-31-61(32-16-53)109-71-43-65-77-66(88(106)97(87(65)105)47-75(101)95-59-27-23-57(91)24-28-59)44-72(110-62-33-17-54(18-34-62)12-10-14-70(100)50(3)4)80-82-74(112-64-37-21-56(22-38-64)40-42-94-86(104)52(7)8)46-68-78-67(89(107)98(90(68)108)48-76(102)96-60-29-25-58(92)26-30-60)45-73(81(84(78)82)79(71)83(77)80)111-63-35-19-55(20-36-63)39-41-93-85(103)51(5)6/h15-38,43-46H,1,3,5,7,9-14,39-42,47-48H2,2,4,6,8H3,(H,93,103)(H,94,104)(H,95,101)(H,96,102). The number of benzene rings is 11. The molecule has 0 unspecified atom stereocenters. The average Bonchev–Trinajstić information content (AvgIpc) is 0.671. The molecule has 0 fully saturated rings. The molecule has 0 saturated carbocycles. The number of rotatable bonds is 32. The van der Waals surface area contributed by atoms with Gasteiger partial charge in [-0.15, -0.1) is 0 Å². The molecule has 11 aromatic rings. The van der Waals surface area contributed by atoms with E-state index in [0.717, 1.165) is 32.1 Å². The van der Waals surface area contributed by atoms with Crippen molar-refractivity contribution in [1.82, 2.24) is 20.4 Å². The number of amides is 8. The summed E-state index contributed by atoms with van der Waals surface area (Å²) in [6.45, 7) is 20.7. The lowest BCUT2D eigenvalue weighted by Crippen LogP contribution is -2.45. The Hall–Kier alpha value is -13.0. The summed E-state index contributed by atoms with van der Waals surface area (Å²) in [4.78, 5) is 144. The zero-order valence-electron chi connectivity index (χ0n) is 61.8. The van der Waals surface area contributed by atoms with Crippen molar-refractivity contribution in [3.63, 3.8) is 0 Å². The number of ketones is 2. The SMILES string of the molecule is C=C(C)C(=O)CCCc1ccc(Oc2cc3c4c(cc(Oc5ccc(CCCC(=O)C(=C)C)cc5)c5c6c(Oc7ccc(CCNC(=O)C(=C)C)cc7)cc7c8c(cc(Oc9ccc(CCNC(=O)C(=C)C)cc9)c(c2c45)c86)C(=O)N(CC(=O)Nc2ccc(Cl)cc2)C7=O)C(=O)N(CC(=O)Nc2ccc(Cl)cc2)C3=O)cc1. The van der Waals surface area contributed by atoms with Crippen LogP contribution >= 0.6 is 23.2 Å². The van der Waals surface area contributed by atoms with E-state index in [4.69, 9.17) is 42.1 Å². The van der Waals surface area contributed by atoms with Crippen LogP contribution in [-0.4, -0.2) is 94.8 Å². The van der Waals surface area contributed by atoms with E-state index < -0.39 is 48.5 Å². The lowest BCUT2D eigenvalue weighted by molar-refractivity contribution is -0.118. The number of aryl methyl sites for hydroxylation is 2. The van der Waals surface area contributed by atoms with Gasteiger partial charge in [0.05, 0.1) is 22.3 Å². The predicted molar refractivity (Wildman–Crippen MR) is 433 cm³/mol. The molecule has 20 nitrogen and oxygen atoms in total. The molecule has 0 bridgehead atoms. The minimum atomic E-state index is -0.893. The number of imide groups is 2. The van der Waals surface area contributed by atoms with Gasteiger partial charge in [-0.2, -0.15) is 0 Å². The van der Waals surface area contributed by atoms with Gasteiger partial charge in [-0.05, 0) is 221 Å². The quantitative estimate of drug-likeness (QED) is 0.0132. The predicted octanol–water partition coefficient (Wildman–Crippen LogP) is 18.1. The minimum absolute atomic E-state index is 0.0239. The van der Waals surface area contributed by atoms with Gasteiger partial charge in [0.25, 0.3) is 23.6 Å². The summed E-state index contributed by atoms with van der Waals surface area (Å²) in [6, 6.07) is 46.8. The first-order valence-corrected chi connectivity index (χ1v) is 37.0. The van der Waals surface area contributed by atoms with Gasteiger partial charge in [-0.3, -0.25) is 57.7 Å². The molecule has 0 spiro atoms. The summed E-state index contributed by atoms with van der Waals surface area (Å²) < 4.78 is 28.8. The van der Waals surface area contributed by atoms with E-state index in [0.29, 0.717) is 82.2 Å². The molecule has 22 heteroatoms. The maximum atomic E-state index is 15.9. The number of nitrogens with zero attached hydrogens (tertiary/aromatic N) is 2. The molecule has 2 aliphatic heterocycles. The second kappa shape index (κ2) is 33.0. The molecule has 564 valence electrons. The third-order valence-corrected chi connectivity index (χ3v) is 19.9. The highest BCUT2D eigenvalue weighted by molar-refractivity contribution is 6.45. The fourth-order valence-corrected chi connectivity index (χ4v) is 13.9. The van der Waals surface area contributed by atoms with Crippen molar-refractivity contribution in [3.8, 4) is 46.0 Å². The third kappa shape index (κ3) is 16.7. The van der Waals surface area contributed by atoms with E-state index in [1.54, 1.807) is 149 Å². The largest absolute Gasteiger partial charge is 0.457 e. The van der Waals surface area contributed by atoms with E-state index >= 15 is 19.2 Å². The van der Waals surface area contributed by atoms with Gasteiger partial charge in [-0.1, -0.05) is 98.0 Å². The van der Waals surface area contributed by atoms with Crippen molar-refractivity contribution in [3.05, 3.63) is 273 Å². The number of Topliss-reactive ketones (excluding diaryl/α,β-unsaturated/α-hetero) is 2. The molecule has 11 aromatic carbocycles. The number of carbonyl (C=O) groups excluding carboxylic acids is 10. The highest BCUT2D eigenvalue weighted by Crippen LogP contribution is 2.58. The van der Waals surface area contributed by atoms with Crippen molar-refractivity contribution in [2.24, 2.45) is 0 Å². The maximum Gasteiger partial charge on any atom is 0.262 e. The summed E-state index contributed by atoms with van der Waals surface area (Å²) in [5, 5.41) is 13.3. The second-order valence-corrected chi connectivity index (χ2v) is 28.7. The summed E-state index contributed by atoms with van der Waals surface area (Å²) in [5.41, 5.74) is 5.23. The normalized spacial score (nSPS) is 12.3. The minimum Gasteiger partial charge on any atom is -0.457 e. The van der Waals surface area contributed by atoms with E-state index in [1.165, 1.54) is 24.3 Å². The van der Waals surface area contributed by atoms with Crippen molar-refractivity contribution in [2.45, 2.75) is 79.1 Å². The van der Waals surface area contributed by atoms with E-state index in [9.17, 15) is 28.8 Å². The molecule has 0 radical (unpaired) electrons. The van der Waals surface area contributed by atoms with Gasteiger partial charge in [0.1, 0.15) is 59.1 Å². The Labute approximate surface area is 655 Å². The number of hydrogen-bond donors (Lipinski definition) is 4. The van der Waals surface area contributed by atoms with Crippen molar-refractivity contribution >= 4 is 136 Å². The third-order valence-electron chi connectivity index (χ3n) is 19.4. The lowest BCUT2D eigenvalue weighted by atomic mass is 9.80. The molecule has 0 aliphatic carbocycles. The molecular weight excluding hydrogens is 1460 g/mol. The first kappa shape index (κ1) is 77.1. The van der Waals surface area contributed by atoms with E-state index in [2.05, 4.69) is 47.6 Å². The fraction of sp³-hybridized carbons (Fsp3) is 0.178. The Kier molecular flexibility index (Phi) is 22.8. The summed E-state index contributed by atoms with van der Waals surface area (Å²) in [5.74, 6) is -4.90. The fourth-order valence-electron chi connectivity index (χ4n) is 13.7. The number of carbonyl (C=O) groups is 10. The van der Waals surface area contributed by atoms with Crippen LogP contribution in [0.5, 0.6) is 46.0 Å². The smallest absolute Gasteiger partial charge is 0.262 e. The van der Waals surface area contributed by atoms with Gasteiger partial charge >= 0.3 is 0 Å². The monoisotopic (exact) mass is 1530 g/mol. The van der Waals surface area contributed by atoms with Crippen LogP contribution in [0.25, 0.3) is 43.1 Å². The van der Waals surface area contributed by atoms with Crippen LogP contribution in [-0.2, 0) is 54.5 Å². The number of hydrogen-bond acceptors (Lipinski definition) is 14. The number of ether oxygens (including phenoxy) is 4. The average molecular weight is 1540 g/mol. The summed E-state index contributed by atoms with van der Waals surface area (Å²) in [6.07, 6.45) is 3.47.